The molecule has 2 rings (SSSR count). The molecule has 2 aromatic rings. The zero-order chi connectivity index (χ0) is 17.6. The van der Waals surface area contributed by atoms with Crippen molar-refractivity contribution in [1.29, 1.82) is 0 Å². The van der Waals surface area contributed by atoms with Crippen LogP contribution < -0.4 is 10.1 Å². The van der Waals surface area contributed by atoms with Gasteiger partial charge in [-0.15, -0.1) is 0 Å². The molecule has 0 saturated heterocycles. The van der Waals surface area contributed by atoms with E-state index in [4.69, 9.17) is 9.84 Å². The molecule has 126 valence electrons. The van der Waals surface area contributed by atoms with Gasteiger partial charge >= 0.3 is 5.97 Å². The second-order valence-electron chi connectivity index (χ2n) is 6.27. The minimum Gasteiger partial charge on any atom is -0.481 e. The van der Waals surface area contributed by atoms with Crippen LogP contribution in [-0.4, -0.2) is 22.0 Å². The van der Waals surface area contributed by atoms with Gasteiger partial charge in [0.1, 0.15) is 11.5 Å². The summed E-state index contributed by atoms with van der Waals surface area (Å²) in [5, 5.41) is 11.6. The predicted molar refractivity (Wildman–Crippen MR) is 90.0 cm³/mol. The number of nitrogens with zero attached hydrogens (tertiary/aromatic N) is 1. The van der Waals surface area contributed by atoms with Crippen LogP contribution in [0.4, 0.5) is 5.69 Å². The zero-order valence-electron chi connectivity index (χ0n) is 13.7. The minimum atomic E-state index is -0.916. The summed E-state index contributed by atoms with van der Waals surface area (Å²) in [6, 6.07) is 10.5. The van der Waals surface area contributed by atoms with Crippen molar-refractivity contribution in [1.82, 2.24) is 4.98 Å². The first-order valence-corrected chi connectivity index (χ1v) is 7.54. The summed E-state index contributed by atoms with van der Waals surface area (Å²) in [7, 11) is 0. The molecule has 0 aliphatic rings. The molecule has 1 heterocycles. The lowest BCUT2D eigenvalue weighted by atomic mass is 9.85. The van der Waals surface area contributed by atoms with E-state index in [1.54, 1.807) is 62.6 Å². The Hall–Kier alpha value is -2.89. The molecule has 0 atom stereocenters. The SMILES string of the molecule is CC(C)(CC(=O)O)CC(=O)Nc1cccc(Oc2ccncc2)c1. The highest BCUT2D eigenvalue weighted by molar-refractivity contribution is 5.91. The van der Waals surface area contributed by atoms with Gasteiger partial charge in [-0.2, -0.15) is 0 Å². The maximum Gasteiger partial charge on any atom is 0.303 e. The van der Waals surface area contributed by atoms with E-state index in [1.165, 1.54) is 0 Å². The molecular formula is C18H20N2O4. The van der Waals surface area contributed by atoms with E-state index < -0.39 is 11.4 Å². The van der Waals surface area contributed by atoms with Crippen LogP contribution in [0.1, 0.15) is 26.7 Å². The molecule has 1 aromatic heterocycles. The highest BCUT2D eigenvalue weighted by Gasteiger charge is 2.25. The molecule has 0 aliphatic carbocycles. The number of carbonyl (C=O) groups is 2. The molecule has 24 heavy (non-hydrogen) atoms. The lowest BCUT2D eigenvalue weighted by molar-refractivity contribution is -0.139. The molecule has 0 fully saturated rings. The van der Waals surface area contributed by atoms with Gasteiger partial charge in [-0.3, -0.25) is 14.6 Å². The van der Waals surface area contributed by atoms with Crippen LogP contribution in [0.25, 0.3) is 0 Å². The predicted octanol–water partition coefficient (Wildman–Crippen LogP) is 3.70. The number of carboxylic acid groups (broad SMARTS) is 1. The van der Waals surface area contributed by atoms with Gasteiger partial charge in [-0.1, -0.05) is 19.9 Å². The number of aliphatic carboxylic acids is 1. The Morgan fingerprint density at radius 2 is 1.83 bits per heavy atom. The lowest BCUT2D eigenvalue weighted by Gasteiger charge is -2.21. The third-order valence-electron chi connectivity index (χ3n) is 3.27. The summed E-state index contributed by atoms with van der Waals surface area (Å²) in [6.45, 7) is 3.51. The largest absolute Gasteiger partial charge is 0.481 e. The molecule has 0 unspecified atom stereocenters. The Kier molecular flexibility index (Phi) is 5.52. The number of hydrogen-bond acceptors (Lipinski definition) is 4. The van der Waals surface area contributed by atoms with Crippen molar-refractivity contribution in [3.63, 3.8) is 0 Å². The van der Waals surface area contributed by atoms with Gasteiger partial charge in [0.15, 0.2) is 0 Å². The van der Waals surface area contributed by atoms with Crippen molar-refractivity contribution >= 4 is 17.6 Å². The highest BCUT2D eigenvalue weighted by atomic mass is 16.5. The summed E-state index contributed by atoms with van der Waals surface area (Å²) in [4.78, 5) is 26.9. The van der Waals surface area contributed by atoms with Gasteiger partial charge < -0.3 is 15.2 Å². The summed E-state index contributed by atoms with van der Waals surface area (Å²) in [6.07, 6.45) is 3.32. The van der Waals surface area contributed by atoms with Crippen molar-refractivity contribution < 1.29 is 19.4 Å². The number of aromatic nitrogens is 1. The van der Waals surface area contributed by atoms with Crippen molar-refractivity contribution in [2.75, 3.05) is 5.32 Å². The molecule has 6 heteroatoms. The number of anilines is 1. The Morgan fingerprint density at radius 1 is 1.12 bits per heavy atom. The molecule has 0 spiro atoms. The van der Waals surface area contributed by atoms with Crippen LogP contribution in [0.3, 0.4) is 0 Å². The zero-order valence-corrected chi connectivity index (χ0v) is 13.7. The lowest BCUT2D eigenvalue weighted by Crippen LogP contribution is -2.24. The Balaban J connectivity index is 1.99. The average Bonchev–Trinajstić information content (AvgIpc) is 2.46. The minimum absolute atomic E-state index is 0.0639. The van der Waals surface area contributed by atoms with Crippen molar-refractivity contribution in [3.05, 3.63) is 48.8 Å². The van der Waals surface area contributed by atoms with Gasteiger partial charge in [0.2, 0.25) is 5.91 Å². The normalized spacial score (nSPS) is 10.9. The third-order valence-corrected chi connectivity index (χ3v) is 3.27. The van der Waals surface area contributed by atoms with Crippen LogP contribution in [-0.2, 0) is 9.59 Å². The van der Waals surface area contributed by atoms with Crippen molar-refractivity contribution in [2.24, 2.45) is 5.41 Å². The van der Waals surface area contributed by atoms with Crippen LogP contribution in [0.2, 0.25) is 0 Å². The smallest absolute Gasteiger partial charge is 0.303 e. The molecule has 2 N–H and O–H groups in total. The number of amides is 1. The number of pyridine rings is 1. The maximum atomic E-state index is 12.1. The van der Waals surface area contributed by atoms with Crippen LogP contribution in [0, 0.1) is 5.41 Å². The molecule has 0 radical (unpaired) electrons. The summed E-state index contributed by atoms with van der Waals surface area (Å²) < 4.78 is 5.69. The van der Waals surface area contributed by atoms with E-state index in [-0.39, 0.29) is 18.7 Å². The number of carboxylic acids is 1. The van der Waals surface area contributed by atoms with Crippen LogP contribution in [0.15, 0.2) is 48.8 Å². The highest BCUT2D eigenvalue weighted by Crippen LogP contribution is 2.27. The first kappa shape index (κ1) is 17.5. The molecule has 1 aromatic carbocycles. The molecule has 0 aliphatic heterocycles. The van der Waals surface area contributed by atoms with E-state index in [0.717, 1.165) is 0 Å². The third kappa shape index (κ3) is 5.72. The number of carbonyl (C=O) groups excluding carboxylic acids is 1. The van der Waals surface area contributed by atoms with Crippen molar-refractivity contribution in [3.8, 4) is 11.5 Å². The van der Waals surface area contributed by atoms with Gasteiger partial charge in [0.25, 0.3) is 0 Å². The van der Waals surface area contributed by atoms with E-state index in [0.29, 0.717) is 17.2 Å². The monoisotopic (exact) mass is 328 g/mol. The number of rotatable bonds is 7. The van der Waals surface area contributed by atoms with E-state index in [9.17, 15) is 9.59 Å². The number of ether oxygens (including phenoxy) is 1. The standard InChI is InChI=1S/C18H20N2O4/c1-18(2,12-17(22)23)11-16(21)20-13-4-3-5-15(10-13)24-14-6-8-19-9-7-14/h3-10H,11-12H2,1-2H3,(H,20,21)(H,22,23). The fraction of sp³-hybridized carbons (Fsp3) is 0.278. The molecule has 6 nitrogen and oxygen atoms in total. The summed E-state index contributed by atoms with van der Waals surface area (Å²) in [5.74, 6) is 0.0859. The Labute approximate surface area is 140 Å². The second-order valence-corrected chi connectivity index (χ2v) is 6.27. The average molecular weight is 328 g/mol. The van der Waals surface area contributed by atoms with E-state index in [1.807, 2.05) is 0 Å². The summed E-state index contributed by atoms with van der Waals surface area (Å²) >= 11 is 0. The molecule has 0 bridgehead atoms. The molecule has 1 amide bonds. The van der Waals surface area contributed by atoms with Crippen LogP contribution >= 0.6 is 0 Å². The second kappa shape index (κ2) is 7.59. The maximum absolute atomic E-state index is 12.1. The van der Waals surface area contributed by atoms with Crippen LogP contribution in [0.5, 0.6) is 11.5 Å². The molecular weight excluding hydrogens is 308 g/mol. The Morgan fingerprint density at radius 3 is 2.50 bits per heavy atom. The number of nitrogens with one attached hydrogen (secondary N) is 1. The van der Waals surface area contributed by atoms with E-state index >= 15 is 0 Å². The fourth-order valence-corrected chi connectivity index (χ4v) is 2.29. The quantitative estimate of drug-likeness (QED) is 0.809. The van der Waals surface area contributed by atoms with Gasteiger partial charge in [-0.05, 0) is 29.7 Å². The van der Waals surface area contributed by atoms with Gasteiger partial charge in [0.05, 0.1) is 6.42 Å². The van der Waals surface area contributed by atoms with Crippen molar-refractivity contribution in [2.45, 2.75) is 26.7 Å². The fourth-order valence-electron chi connectivity index (χ4n) is 2.29. The first-order chi connectivity index (χ1) is 11.3. The van der Waals surface area contributed by atoms with E-state index in [2.05, 4.69) is 10.3 Å². The van der Waals surface area contributed by atoms with Gasteiger partial charge in [-0.25, -0.2) is 0 Å². The molecule has 0 saturated carbocycles. The summed E-state index contributed by atoms with van der Waals surface area (Å²) in [5.41, 5.74) is -0.0150. The topological polar surface area (TPSA) is 88.5 Å². The Bertz CT molecular complexity index is 714. The number of benzene rings is 1. The first-order valence-electron chi connectivity index (χ1n) is 7.54. The van der Waals surface area contributed by atoms with Gasteiger partial charge in [0, 0.05) is 30.6 Å². The number of hydrogen-bond donors (Lipinski definition) is 2.